The van der Waals surface area contributed by atoms with Crippen molar-refractivity contribution in [2.45, 2.75) is 193 Å². The molecule has 4 rings (SSSR count). The van der Waals surface area contributed by atoms with Crippen molar-refractivity contribution in [2.75, 3.05) is 27.9 Å². The van der Waals surface area contributed by atoms with Gasteiger partial charge in [-0.25, -0.2) is 4.79 Å². The van der Waals surface area contributed by atoms with Gasteiger partial charge in [-0.3, -0.25) is 9.59 Å². The zero-order valence-electron chi connectivity index (χ0n) is 40.5. The number of hydrogen-bond donors (Lipinski definition) is 4. The largest absolute Gasteiger partial charge is 0.461 e. The van der Waals surface area contributed by atoms with E-state index in [1.165, 1.54) is 12.0 Å². The molecule has 2 bridgehead atoms. The van der Waals surface area contributed by atoms with Crippen LogP contribution in [0.4, 0.5) is 0 Å². The van der Waals surface area contributed by atoms with Gasteiger partial charge in [0.05, 0.1) is 24.4 Å². The zero-order chi connectivity index (χ0) is 47.3. The minimum absolute atomic E-state index is 0.0622. The highest BCUT2D eigenvalue weighted by Gasteiger charge is 2.53. The predicted molar refractivity (Wildman–Crippen MR) is 246 cm³/mol. The molecule has 64 heavy (non-hydrogen) atoms. The number of amides is 1. The molecule has 1 saturated carbocycles. The molecular weight excluding hydrogens is 819 g/mol. The maximum Gasteiger partial charge on any atom is 0.329 e. The van der Waals surface area contributed by atoms with Gasteiger partial charge in [-0.05, 0) is 126 Å². The molecule has 3 heterocycles. The molecule has 4 N–H and O–H groups in total. The molecule has 3 aliphatic heterocycles. The van der Waals surface area contributed by atoms with E-state index in [4.69, 9.17) is 23.7 Å². The summed E-state index contributed by atoms with van der Waals surface area (Å²) in [6.45, 7) is 13.8. The first kappa shape index (κ1) is 53.9. The molecule has 1 aliphatic carbocycles. The zero-order valence-corrected chi connectivity index (χ0v) is 40.5. The summed E-state index contributed by atoms with van der Waals surface area (Å²) in [7, 11) is 4.67. The Morgan fingerprint density at radius 2 is 1.55 bits per heavy atom. The summed E-state index contributed by atoms with van der Waals surface area (Å²) < 4.78 is 29.8. The van der Waals surface area contributed by atoms with Crippen molar-refractivity contribution in [3.63, 3.8) is 0 Å². The smallest absolute Gasteiger partial charge is 0.329 e. The molecule has 16 atom stereocenters. The molecule has 364 valence electrons. The number of allylic oxidation sites excluding steroid dienone is 6. The lowest BCUT2D eigenvalue weighted by Crippen LogP contribution is -2.63. The van der Waals surface area contributed by atoms with Crippen molar-refractivity contribution in [1.82, 2.24) is 4.90 Å². The van der Waals surface area contributed by atoms with Crippen LogP contribution in [0, 0.1) is 35.5 Å². The van der Waals surface area contributed by atoms with E-state index in [-0.39, 0.29) is 54.1 Å². The minimum Gasteiger partial charge on any atom is -0.461 e. The third-order valence-electron chi connectivity index (χ3n) is 14.7. The van der Waals surface area contributed by atoms with Crippen LogP contribution in [0.15, 0.2) is 47.6 Å². The van der Waals surface area contributed by atoms with Crippen molar-refractivity contribution in [2.24, 2.45) is 35.5 Å². The number of carbonyl (C=O) groups is 3. The van der Waals surface area contributed by atoms with E-state index >= 15 is 0 Å². The fourth-order valence-corrected chi connectivity index (χ4v) is 10.5. The van der Waals surface area contributed by atoms with E-state index in [0.29, 0.717) is 76.2 Å². The molecule has 1 unspecified atom stereocenters. The van der Waals surface area contributed by atoms with E-state index in [1.807, 2.05) is 64.2 Å². The predicted octanol–water partition coefficient (Wildman–Crippen LogP) is 6.79. The van der Waals surface area contributed by atoms with Crippen LogP contribution in [0.2, 0.25) is 0 Å². The van der Waals surface area contributed by atoms with E-state index < -0.39 is 66.2 Å². The Morgan fingerprint density at radius 3 is 2.23 bits per heavy atom. The number of cyclic esters (lactones) is 1. The fourth-order valence-electron chi connectivity index (χ4n) is 10.5. The molecule has 0 aromatic heterocycles. The third kappa shape index (κ3) is 14.4. The quantitative estimate of drug-likeness (QED) is 0.162. The number of nitrogens with zero attached hydrogens (tertiary/aromatic N) is 1. The lowest BCUT2D eigenvalue weighted by Gasteiger charge is -2.46. The van der Waals surface area contributed by atoms with Crippen LogP contribution in [-0.4, -0.2) is 132 Å². The number of fused-ring (bicyclic) bond motifs is 3. The van der Waals surface area contributed by atoms with Gasteiger partial charge in [-0.2, -0.15) is 0 Å². The molecule has 0 radical (unpaired) electrons. The van der Waals surface area contributed by atoms with Gasteiger partial charge in [0.25, 0.3) is 5.91 Å². The highest BCUT2D eigenvalue weighted by Crippen LogP contribution is 2.39. The van der Waals surface area contributed by atoms with Crippen molar-refractivity contribution < 1.29 is 58.5 Å². The number of ketones is 1. The van der Waals surface area contributed by atoms with Crippen LogP contribution < -0.4 is 0 Å². The Labute approximate surface area is 383 Å². The second-order valence-electron chi connectivity index (χ2n) is 19.8. The summed E-state index contributed by atoms with van der Waals surface area (Å²) in [4.78, 5) is 43.8. The van der Waals surface area contributed by atoms with Gasteiger partial charge in [-0.15, -0.1) is 0 Å². The van der Waals surface area contributed by atoms with Crippen molar-refractivity contribution in [1.29, 1.82) is 0 Å². The van der Waals surface area contributed by atoms with Crippen LogP contribution in [0.5, 0.6) is 0 Å². The topological polar surface area (TPSA) is 182 Å². The van der Waals surface area contributed by atoms with E-state index in [0.717, 1.165) is 18.4 Å². The molecular formula is C51H83NO12. The number of carbonyl (C=O) groups excluding carboxylic acids is 3. The van der Waals surface area contributed by atoms with Gasteiger partial charge in [0.1, 0.15) is 24.4 Å². The van der Waals surface area contributed by atoms with Gasteiger partial charge in [0, 0.05) is 46.1 Å². The van der Waals surface area contributed by atoms with Crippen LogP contribution >= 0.6 is 0 Å². The van der Waals surface area contributed by atoms with E-state index in [2.05, 4.69) is 6.92 Å². The molecule has 3 fully saturated rings. The van der Waals surface area contributed by atoms with E-state index in [1.54, 1.807) is 28.1 Å². The highest BCUT2D eigenvalue weighted by molar-refractivity contribution is 5.88. The summed E-state index contributed by atoms with van der Waals surface area (Å²) in [5, 5.41) is 45.8. The van der Waals surface area contributed by atoms with Gasteiger partial charge in [-0.1, -0.05) is 71.1 Å². The third-order valence-corrected chi connectivity index (χ3v) is 14.7. The first-order chi connectivity index (χ1) is 30.3. The van der Waals surface area contributed by atoms with Gasteiger partial charge in [0.2, 0.25) is 5.79 Å². The molecule has 1 amide bonds. The Hall–Kier alpha value is -2.75. The Morgan fingerprint density at radius 1 is 0.812 bits per heavy atom. The lowest BCUT2D eigenvalue weighted by molar-refractivity contribution is -0.317. The number of esters is 1. The average molecular weight is 902 g/mol. The summed E-state index contributed by atoms with van der Waals surface area (Å²) >= 11 is 0. The van der Waals surface area contributed by atoms with Gasteiger partial charge < -0.3 is 49.0 Å². The Balaban J connectivity index is 1.67. The molecule has 0 aromatic rings. The Kier molecular flexibility index (Phi) is 21.4. The second kappa shape index (κ2) is 25.4. The van der Waals surface area contributed by atoms with Crippen LogP contribution in [-0.2, 0) is 38.1 Å². The number of Topliss-reactive ketones (excluding diaryl/α,β-unsaturated/α-hetero) is 1. The minimum atomic E-state index is -2.18. The number of aliphatic hydroxyl groups is 4. The highest BCUT2D eigenvalue weighted by atomic mass is 16.6. The number of methoxy groups -OCH3 is 3. The SMILES string of the molecule is CO[C@H]1C[C@@H]2CC[C@@H](C)[C@@](O)(O2)C(O)C(=O)N2CCCC[C@H]2C(=O)O[C@H]([C@H](C)C[C@@H]2CC[C@@H](O)[C@H](OC)C2)CC[C@H](C)/C=C(\C)[C@@H](O)[C@@H](OC)C(=O)[C@H](C)C[C@H](C)/C=C/C=CC=C1C. The summed E-state index contributed by atoms with van der Waals surface area (Å²) in [6.07, 6.45) is 13.1. The Bertz CT molecular complexity index is 1630. The van der Waals surface area contributed by atoms with Crippen LogP contribution in [0.3, 0.4) is 0 Å². The van der Waals surface area contributed by atoms with E-state index in [9.17, 15) is 34.8 Å². The van der Waals surface area contributed by atoms with Gasteiger partial charge in [0.15, 0.2) is 11.9 Å². The number of rotatable bonds is 6. The monoisotopic (exact) mass is 902 g/mol. The maximum absolute atomic E-state index is 14.4. The fraction of sp³-hybridized carbons (Fsp3) is 0.784. The van der Waals surface area contributed by atoms with Crippen molar-refractivity contribution in [3.05, 3.63) is 47.6 Å². The first-order valence-electron chi connectivity index (χ1n) is 24.1. The number of hydrogen-bond acceptors (Lipinski definition) is 12. The number of piperidine rings is 1. The average Bonchev–Trinajstić information content (AvgIpc) is 3.27. The van der Waals surface area contributed by atoms with Crippen LogP contribution in [0.1, 0.15) is 132 Å². The second-order valence-corrected chi connectivity index (χ2v) is 19.8. The van der Waals surface area contributed by atoms with Gasteiger partial charge >= 0.3 is 5.97 Å². The first-order valence-corrected chi connectivity index (χ1v) is 24.1. The summed E-state index contributed by atoms with van der Waals surface area (Å²) in [5.41, 5.74) is 1.54. The molecule has 0 spiro atoms. The molecule has 2 saturated heterocycles. The standard InChI is InChI=1S/C51H83NO12/c1-31-16-12-11-13-17-33(3)43(60-8)30-39-22-20-37(7)51(59,64-39)48(56)49(57)52-25-15-14-18-40(52)50(58)63-42(34(4)28-38-21-23-41(53)44(29-38)61-9)24-19-32(2)27-36(6)46(55)47(62-10)45(54)35(5)26-31/h11-13,16-17,27,31-32,34-35,37-44,46-48,53,55-56,59H,14-15,18-26,28-30H2,1-10H3/b13-11?,16-12+,33-17?,36-27+/t31-,32+,34-,35-,37-,38+,39+,40+,41-,42+,43+,44-,46-,47+,48?,51-/m1/s1. The molecule has 4 aliphatic rings. The lowest BCUT2D eigenvalue weighted by atomic mass is 9.78. The molecule has 13 nitrogen and oxygen atoms in total. The normalized spacial score (nSPS) is 40.7. The summed E-state index contributed by atoms with van der Waals surface area (Å²) in [5.74, 6) is -4.42. The van der Waals surface area contributed by atoms with Crippen LogP contribution in [0.25, 0.3) is 0 Å². The number of ether oxygens (including phenoxy) is 5. The van der Waals surface area contributed by atoms with Crippen molar-refractivity contribution >= 4 is 17.7 Å². The van der Waals surface area contributed by atoms with Crippen molar-refractivity contribution in [3.8, 4) is 0 Å². The molecule has 13 heteroatoms. The number of aliphatic hydroxyl groups excluding tert-OH is 3. The maximum atomic E-state index is 14.4. The summed E-state index contributed by atoms with van der Waals surface area (Å²) in [6, 6.07) is -0.959. The molecule has 0 aromatic carbocycles.